The van der Waals surface area contributed by atoms with Gasteiger partial charge in [0.05, 0.1) is 15.7 Å². The van der Waals surface area contributed by atoms with Crippen LogP contribution in [-0.4, -0.2) is 27.9 Å². The average molecular weight is 366 g/mol. The van der Waals surface area contributed by atoms with Gasteiger partial charge in [0.2, 0.25) is 0 Å². The van der Waals surface area contributed by atoms with Gasteiger partial charge < -0.3 is 4.90 Å². The Balaban J connectivity index is 1.39. The van der Waals surface area contributed by atoms with E-state index < -0.39 is 0 Å². The van der Waals surface area contributed by atoms with Gasteiger partial charge in [0.15, 0.2) is 0 Å². The minimum Gasteiger partial charge on any atom is -0.333 e. The molecule has 3 heterocycles. The van der Waals surface area contributed by atoms with Gasteiger partial charge in [0.1, 0.15) is 5.82 Å². The first-order valence-corrected chi connectivity index (χ1v) is 9.98. The zero-order valence-electron chi connectivity index (χ0n) is 14.3. The summed E-state index contributed by atoms with van der Waals surface area (Å²) in [5.41, 5.74) is 4.72. The number of carbonyl (C=O) groups is 1. The van der Waals surface area contributed by atoms with Crippen molar-refractivity contribution in [2.24, 2.45) is 0 Å². The molecule has 1 aromatic heterocycles. The van der Waals surface area contributed by atoms with Crippen molar-refractivity contribution in [1.29, 1.82) is 0 Å². The number of hydrogen-bond donors (Lipinski definition) is 0. The number of amides is 1. The summed E-state index contributed by atoms with van der Waals surface area (Å²) < 4.78 is 14.3. The van der Waals surface area contributed by atoms with Gasteiger partial charge in [-0.1, -0.05) is 12.1 Å². The molecule has 2 fully saturated rings. The van der Waals surface area contributed by atoms with Crippen LogP contribution in [0.15, 0.2) is 48.0 Å². The second-order valence-electron chi connectivity index (χ2n) is 7.35. The van der Waals surface area contributed by atoms with Crippen LogP contribution in [0, 0.1) is 5.82 Å². The van der Waals surface area contributed by atoms with Crippen molar-refractivity contribution in [3.63, 3.8) is 0 Å². The fourth-order valence-corrected chi connectivity index (χ4v) is 5.37. The van der Waals surface area contributed by atoms with E-state index in [0.29, 0.717) is 5.92 Å². The van der Waals surface area contributed by atoms with Crippen molar-refractivity contribution in [3.8, 4) is 0 Å². The van der Waals surface area contributed by atoms with Crippen molar-refractivity contribution in [2.45, 2.75) is 43.7 Å². The smallest absolute Gasteiger partial charge is 0.254 e. The van der Waals surface area contributed by atoms with Gasteiger partial charge in [-0.05, 0) is 67.5 Å². The summed E-state index contributed by atoms with van der Waals surface area (Å²) in [5.74, 6) is 0.370. The number of fused-ring (bicyclic) bond motifs is 3. The number of thiazole rings is 1. The highest BCUT2D eigenvalue weighted by Crippen LogP contribution is 2.43. The summed E-state index contributed by atoms with van der Waals surface area (Å²) in [4.78, 5) is 19.6. The van der Waals surface area contributed by atoms with Crippen molar-refractivity contribution < 1.29 is 9.18 Å². The molecule has 2 aliphatic heterocycles. The van der Waals surface area contributed by atoms with Crippen LogP contribution in [0.4, 0.5) is 4.39 Å². The molecule has 2 aliphatic rings. The molecular formula is C21H19FN2OS. The van der Waals surface area contributed by atoms with E-state index in [1.807, 2.05) is 35.8 Å². The summed E-state index contributed by atoms with van der Waals surface area (Å²) in [5, 5.41) is 0. The van der Waals surface area contributed by atoms with Crippen LogP contribution in [0.3, 0.4) is 0 Å². The van der Waals surface area contributed by atoms with Gasteiger partial charge in [0.25, 0.3) is 5.91 Å². The molecule has 3 nitrogen and oxygen atoms in total. The monoisotopic (exact) mass is 366 g/mol. The molecule has 0 radical (unpaired) electrons. The molecule has 132 valence electrons. The first-order chi connectivity index (χ1) is 12.7. The number of carbonyl (C=O) groups excluding carboxylic acids is 1. The second-order valence-corrected chi connectivity index (χ2v) is 8.24. The number of halogens is 1. The van der Waals surface area contributed by atoms with Crippen LogP contribution in [0.2, 0.25) is 0 Å². The maximum Gasteiger partial charge on any atom is 0.254 e. The third-order valence-electron chi connectivity index (χ3n) is 5.89. The first-order valence-electron chi connectivity index (χ1n) is 9.10. The lowest BCUT2D eigenvalue weighted by molar-refractivity contribution is 0.0571. The van der Waals surface area contributed by atoms with Crippen LogP contribution >= 0.6 is 11.3 Å². The van der Waals surface area contributed by atoms with E-state index in [0.717, 1.165) is 41.5 Å². The largest absolute Gasteiger partial charge is 0.333 e. The van der Waals surface area contributed by atoms with Gasteiger partial charge >= 0.3 is 0 Å². The third kappa shape index (κ3) is 2.62. The molecule has 3 aromatic rings. The van der Waals surface area contributed by atoms with Crippen LogP contribution in [0.5, 0.6) is 0 Å². The Morgan fingerprint density at radius 1 is 1.08 bits per heavy atom. The highest BCUT2D eigenvalue weighted by Gasteiger charge is 2.43. The Kier molecular flexibility index (Phi) is 3.78. The predicted octanol–water partition coefficient (Wildman–Crippen LogP) is 4.99. The molecule has 2 bridgehead atoms. The van der Waals surface area contributed by atoms with E-state index in [9.17, 15) is 9.18 Å². The number of hydrogen-bond acceptors (Lipinski definition) is 3. The number of nitrogens with zero attached hydrogens (tertiary/aromatic N) is 2. The molecule has 0 saturated carbocycles. The molecule has 0 N–H and O–H groups in total. The van der Waals surface area contributed by atoms with E-state index in [1.54, 1.807) is 23.5 Å². The van der Waals surface area contributed by atoms with E-state index in [1.165, 1.54) is 5.56 Å². The van der Waals surface area contributed by atoms with Gasteiger partial charge in [-0.3, -0.25) is 4.79 Å². The Hall–Kier alpha value is -2.27. The zero-order chi connectivity index (χ0) is 17.7. The lowest BCUT2D eigenvalue weighted by atomic mass is 9.85. The SMILES string of the molecule is O=C(c1ccc2ncsc2c1)N1[C@@H]2CC[C@H]1C[C@@H](c1ccc(F)cc1)C2. The van der Waals surface area contributed by atoms with Crippen LogP contribution in [0.1, 0.15) is 47.5 Å². The average Bonchev–Trinajstić information content (AvgIpc) is 3.23. The standard InChI is InChI=1S/C21H19FN2OS/c22-16-4-1-13(2-5-16)15-9-17-6-7-18(10-15)24(17)21(25)14-3-8-19-20(11-14)26-12-23-19/h1-5,8,11-12,15,17-18H,6-7,9-10H2/t15-,17+,18-. The normalized spacial score (nSPS) is 25.0. The van der Waals surface area contributed by atoms with E-state index >= 15 is 0 Å². The lowest BCUT2D eigenvalue weighted by Gasteiger charge is -2.39. The molecule has 26 heavy (non-hydrogen) atoms. The number of aromatic nitrogens is 1. The van der Waals surface area contributed by atoms with E-state index in [-0.39, 0.29) is 23.8 Å². The summed E-state index contributed by atoms with van der Waals surface area (Å²) in [6.07, 6.45) is 4.07. The molecular weight excluding hydrogens is 347 g/mol. The molecule has 0 unspecified atom stereocenters. The van der Waals surface area contributed by atoms with Gasteiger partial charge in [-0.2, -0.15) is 0 Å². The summed E-state index contributed by atoms with van der Waals surface area (Å²) in [6, 6.07) is 13.3. The first kappa shape index (κ1) is 15.9. The minimum absolute atomic E-state index is 0.144. The maximum atomic E-state index is 13.2. The zero-order valence-corrected chi connectivity index (χ0v) is 15.1. The molecule has 2 aromatic carbocycles. The minimum atomic E-state index is -0.192. The Morgan fingerprint density at radius 3 is 2.54 bits per heavy atom. The number of piperidine rings is 1. The Bertz CT molecular complexity index is 954. The van der Waals surface area contributed by atoms with Crippen molar-refractivity contribution in [2.75, 3.05) is 0 Å². The summed E-state index contributed by atoms with van der Waals surface area (Å²) >= 11 is 1.57. The fraction of sp³-hybridized carbons (Fsp3) is 0.333. The Labute approximate surface area is 155 Å². The van der Waals surface area contributed by atoms with Crippen LogP contribution in [-0.2, 0) is 0 Å². The third-order valence-corrected chi connectivity index (χ3v) is 6.68. The lowest BCUT2D eigenvalue weighted by Crippen LogP contribution is -2.46. The molecule has 3 atom stereocenters. The molecule has 0 spiro atoms. The Morgan fingerprint density at radius 2 is 1.81 bits per heavy atom. The quantitative estimate of drug-likeness (QED) is 0.640. The van der Waals surface area contributed by atoms with Crippen molar-refractivity contribution in [3.05, 3.63) is 64.9 Å². The van der Waals surface area contributed by atoms with Gasteiger partial charge in [0, 0.05) is 17.6 Å². The highest BCUT2D eigenvalue weighted by molar-refractivity contribution is 7.16. The highest BCUT2D eigenvalue weighted by atomic mass is 32.1. The maximum absolute atomic E-state index is 13.2. The second kappa shape index (κ2) is 6.16. The fourth-order valence-electron chi connectivity index (χ4n) is 4.65. The van der Waals surface area contributed by atoms with Crippen LogP contribution < -0.4 is 0 Å². The molecule has 5 rings (SSSR count). The van der Waals surface area contributed by atoms with Gasteiger partial charge in [-0.25, -0.2) is 9.37 Å². The number of benzene rings is 2. The molecule has 5 heteroatoms. The topological polar surface area (TPSA) is 33.2 Å². The molecule has 1 amide bonds. The summed E-state index contributed by atoms with van der Waals surface area (Å²) in [6.45, 7) is 0. The van der Waals surface area contributed by atoms with E-state index in [4.69, 9.17) is 0 Å². The number of rotatable bonds is 2. The van der Waals surface area contributed by atoms with E-state index in [2.05, 4.69) is 9.88 Å². The molecule has 2 saturated heterocycles. The van der Waals surface area contributed by atoms with Crippen molar-refractivity contribution >= 4 is 27.5 Å². The molecule has 0 aliphatic carbocycles. The predicted molar refractivity (Wildman–Crippen MR) is 101 cm³/mol. The van der Waals surface area contributed by atoms with Crippen molar-refractivity contribution in [1.82, 2.24) is 9.88 Å². The summed E-state index contributed by atoms with van der Waals surface area (Å²) in [7, 11) is 0. The van der Waals surface area contributed by atoms with Crippen LogP contribution in [0.25, 0.3) is 10.2 Å². The van der Waals surface area contributed by atoms with Gasteiger partial charge in [-0.15, -0.1) is 11.3 Å².